The van der Waals surface area contributed by atoms with Gasteiger partial charge in [-0.3, -0.25) is 9.69 Å². The Labute approximate surface area is 139 Å². The highest BCUT2D eigenvalue weighted by Gasteiger charge is 2.22. The third kappa shape index (κ3) is 5.33. The maximum absolute atomic E-state index is 11.6. The number of ketones is 1. The number of rotatable bonds is 8. The lowest BCUT2D eigenvalue weighted by Gasteiger charge is -2.34. The lowest BCUT2D eigenvalue weighted by Crippen LogP contribution is -2.43. The van der Waals surface area contributed by atoms with Crippen molar-refractivity contribution in [2.75, 3.05) is 19.7 Å². The number of Topliss-reactive ketones (excluding diaryl/α,β-unsaturated/α-hetero) is 1. The molecule has 1 aliphatic carbocycles. The summed E-state index contributed by atoms with van der Waals surface area (Å²) in [6, 6.07) is 7.79. The van der Waals surface area contributed by atoms with E-state index in [1.165, 1.54) is 39.0 Å². The summed E-state index contributed by atoms with van der Waals surface area (Å²) in [5.74, 6) is 0.534. The Balaban J connectivity index is 1.86. The fourth-order valence-corrected chi connectivity index (χ4v) is 3.38. The van der Waals surface area contributed by atoms with E-state index in [0.717, 1.165) is 6.54 Å². The number of nitrogens with zero attached hydrogens (tertiary/aromatic N) is 1. The highest BCUT2D eigenvalue weighted by molar-refractivity contribution is 5.96. The first-order valence-electron chi connectivity index (χ1n) is 8.76. The number of aliphatic hydroxyl groups excluding tert-OH is 1. The maximum atomic E-state index is 11.6. The van der Waals surface area contributed by atoms with Crippen LogP contribution in [0.5, 0.6) is 5.75 Å². The van der Waals surface area contributed by atoms with Crippen LogP contribution in [0.1, 0.15) is 56.3 Å². The van der Waals surface area contributed by atoms with E-state index < -0.39 is 6.10 Å². The molecular weight excluding hydrogens is 290 g/mol. The molecular formula is C19H29NO3. The average Bonchev–Trinajstić information content (AvgIpc) is 2.58. The van der Waals surface area contributed by atoms with Crippen molar-refractivity contribution in [2.45, 2.75) is 58.1 Å². The highest BCUT2D eigenvalue weighted by Crippen LogP contribution is 2.23. The number of aliphatic hydroxyl groups is 1. The minimum absolute atomic E-state index is 0.0209. The van der Waals surface area contributed by atoms with Crippen LogP contribution in [-0.2, 0) is 0 Å². The summed E-state index contributed by atoms with van der Waals surface area (Å²) in [7, 11) is 0. The van der Waals surface area contributed by atoms with Crippen LogP contribution in [-0.4, -0.2) is 47.6 Å². The zero-order valence-corrected chi connectivity index (χ0v) is 14.3. The first-order valence-corrected chi connectivity index (χ1v) is 8.76. The van der Waals surface area contributed by atoms with Gasteiger partial charge >= 0.3 is 0 Å². The molecule has 0 heterocycles. The summed E-state index contributed by atoms with van der Waals surface area (Å²) >= 11 is 0. The maximum Gasteiger partial charge on any atom is 0.163 e. The Hall–Kier alpha value is -1.39. The lowest BCUT2D eigenvalue weighted by atomic mass is 9.94. The normalized spacial score (nSPS) is 17.2. The van der Waals surface area contributed by atoms with Crippen molar-refractivity contribution in [3.63, 3.8) is 0 Å². The third-order valence-corrected chi connectivity index (χ3v) is 4.64. The van der Waals surface area contributed by atoms with Crippen molar-refractivity contribution < 1.29 is 14.6 Å². The molecule has 1 aromatic rings. The molecule has 1 fully saturated rings. The molecule has 0 bridgehead atoms. The largest absolute Gasteiger partial charge is 0.490 e. The molecule has 1 aliphatic rings. The number of hydrogen-bond donors (Lipinski definition) is 1. The number of benzene rings is 1. The summed E-state index contributed by atoms with van der Waals surface area (Å²) in [5.41, 5.74) is 0.569. The van der Waals surface area contributed by atoms with E-state index in [9.17, 15) is 9.90 Å². The molecule has 1 atom stereocenters. The zero-order chi connectivity index (χ0) is 16.7. The van der Waals surface area contributed by atoms with Gasteiger partial charge in [0, 0.05) is 12.6 Å². The van der Waals surface area contributed by atoms with E-state index in [1.54, 1.807) is 12.1 Å². The monoisotopic (exact) mass is 319 g/mol. The van der Waals surface area contributed by atoms with E-state index in [4.69, 9.17) is 4.74 Å². The number of carbonyl (C=O) groups is 1. The minimum atomic E-state index is -0.545. The molecule has 0 spiro atoms. The number of hydrogen-bond acceptors (Lipinski definition) is 4. The fraction of sp³-hybridized carbons (Fsp3) is 0.632. The van der Waals surface area contributed by atoms with Crippen molar-refractivity contribution in [1.82, 2.24) is 4.90 Å². The van der Waals surface area contributed by atoms with Gasteiger partial charge in [-0.15, -0.1) is 0 Å². The summed E-state index contributed by atoms with van der Waals surface area (Å²) < 4.78 is 5.70. The number of para-hydroxylation sites is 1. The second kappa shape index (κ2) is 9.04. The molecule has 0 saturated heterocycles. The molecule has 0 amide bonds. The van der Waals surface area contributed by atoms with E-state index >= 15 is 0 Å². The molecule has 1 unspecified atom stereocenters. The average molecular weight is 319 g/mol. The van der Waals surface area contributed by atoms with Crippen LogP contribution in [0, 0.1) is 0 Å². The van der Waals surface area contributed by atoms with Gasteiger partial charge in [-0.1, -0.05) is 38.3 Å². The van der Waals surface area contributed by atoms with Crippen LogP contribution in [0.4, 0.5) is 0 Å². The van der Waals surface area contributed by atoms with Crippen LogP contribution in [0.15, 0.2) is 24.3 Å². The Kier molecular flexibility index (Phi) is 7.06. The van der Waals surface area contributed by atoms with E-state index in [1.807, 2.05) is 12.1 Å². The Morgan fingerprint density at radius 1 is 1.30 bits per heavy atom. The second-order valence-corrected chi connectivity index (χ2v) is 6.40. The van der Waals surface area contributed by atoms with Gasteiger partial charge in [0.25, 0.3) is 0 Å². The summed E-state index contributed by atoms with van der Waals surface area (Å²) in [4.78, 5) is 14.0. The number of carbonyl (C=O) groups excluding carboxylic acids is 1. The fourth-order valence-electron chi connectivity index (χ4n) is 3.38. The Bertz CT molecular complexity index is 497. The van der Waals surface area contributed by atoms with Crippen molar-refractivity contribution in [3.05, 3.63) is 29.8 Å². The molecule has 1 aromatic carbocycles. The van der Waals surface area contributed by atoms with E-state index in [2.05, 4.69) is 11.8 Å². The van der Waals surface area contributed by atoms with Crippen molar-refractivity contribution in [3.8, 4) is 5.75 Å². The molecule has 1 saturated carbocycles. The van der Waals surface area contributed by atoms with Gasteiger partial charge in [0.2, 0.25) is 0 Å². The summed E-state index contributed by atoms with van der Waals surface area (Å²) in [5, 5.41) is 10.3. The molecule has 4 nitrogen and oxygen atoms in total. The lowest BCUT2D eigenvalue weighted by molar-refractivity contribution is 0.0460. The predicted molar refractivity (Wildman–Crippen MR) is 92.1 cm³/mol. The second-order valence-electron chi connectivity index (χ2n) is 6.40. The predicted octanol–water partition coefficient (Wildman–Crippen LogP) is 3.28. The molecule has 0 radical (unpaired) electrons. The molecule has 0 aromatic heterocycles. The Morgan fingerprint density at radius 2 is 2.00 bits per heavy atom. The smallest absolute Gasteiger partial charge is 0.163 e. The van der Waals surface area contributed by atoms with Crippen LogP contribution in [0.3, 0.4) is 0 Å². The van der Waals surface area contributed by atoms with E-state index in [-0.39, 0.29) is 12.4 Å². The van der Waals surface area contributed by atoms with Gasteiger partial charge in [0.15, 0.2) is 5.78 Å². The van der Waals surface area contributed by atoms with E-state index in [0.29, 0.717) is 23.9 Å². The van der Waals surface area contributed by atoms with Gasteiger partial charge in [-0.05, 0) is 38.4 Å². The van der Waals surface area contributed by atoms with Crippen molar-refractivity contribution in [2.24, 2.45) is 0 Å². The Morgan fingerprint density at radius 3 is 2.65 bits per heavy atom. The van der Waals surface area contributed by atoms with Gasteiger partial charge in [-0.2, -0.15) is 0 Å². The molecule has 0 aliphatic heterocycles. The van der Waals surface area contributed by atoms with Gasteiger partial charge in [0.05, 0.1) is 5.56 Å². The SMILES string of the molecule is CCN(CC(O)COc1ccccc1C(C)=O)C1CCCCC1. The molecule has 23 heavy (non-hydrogen) atoms. The number of likely N-dealkylation sites (N-methyl/N-ethyl adjacent to an activating group) is 1. The van der Waals surface area contributed by atoms with Crippen LogP contribution < -0.4 is 4.74 Å². The van der Waals surface area contributed by atoms with Gasteiger partial charge in [-0.25, -0.2) is 0 Å². The zero-order valence-electron chi connectivity index (χ0n) is 14.3. The van der Waals surface area contributed by atoms with Crippen LogP contribution >= 0.6 is 0 Å². The summed E-state index contributed by atoms with van der Waals surface area (Å²) in [6.07, 6.45) is 5.83. The first kappa shape index (κ1) is 18.0. The van der Waals surface area contributed by atoms with Crippen LogP contribution in [0.25, 0.3) is 0 Å². The quantitative estimate of drug-likeness (QED) is 0.747. The standard InChI is InChI=1S/C19H29NO3/c1-3-20(16-9-5-4-6-10-16)13-17(22)14-23-19-12-8-7-11-18(19)15(2)21/h7-8,11-12,16-17,22H,3-6,9-10,13-14H2,1-2H3. The van der Waals surface area contributed by atoms with Crippen molar-refractivity contribution >= 4 is 5.78 Å². The molecule has 1 N–H and O–H groups in total. The molecule has 2 rings (SSSR count). The van der Waals surface area contributed by atoms with Crippen molar-refractivity contribution in [1.29, 1.82) is 0 Å². The number of ether oxygens (including phenoxy) is 1. The third-order valence-electron chi connectivity index (χ3n) is 4.64. The highest BCUT2D eigenvalue weighted by atomic mass is 16.5. The molecule has 4 heteroatoms. The van der Waals surface area contributed by atoms with Gasteiger partial charge < -0.3 is 9.84 Å². The van der Waals surface area contributed by atoms with Crippen LogP contribution in [0.2, 0.25) is 0 Å². The minimum Gasteiger partial charge on any atom is -0.490 e. The first-order chi connectivity index (χ1) is 11.1. The topological polar surface area (TPSA) is 49.8 Å². The summed E-state index contributed by atoms with van der Waals surface area (Å²) in [6.45, 7) is 5.47. The molecule has 128 valence electrons. The van der Waals surface area contributed by atoms with Gasteiger partial charge in [0.1, 0.15) is 18.5 Å².